The number of ether oxygens (including phenoxy) is 2. The molecule has 5 N–H and O–H groups in total. The topological polar surface area (TPSA) is 123 Å². The zero-order valence-electron chi connectivity index (χ0n) is 15.7. The molecule has 3 aromatic rings. The summed E-state index contributed by atoms with van der Waals surface area (Å²) in [7, 11) is 3.13. The lowest BCUT2D eigenvalue weighted by molar-refractivity contribution is 0.0962. The van der Waals surface area contributed by atoms with Crippen LogP contribution in [0.5, 0.6) is 11.5 Å². The summed E-state index contributed by atoms with van der Waals surface area (Å²) in [4.78, 5) is 20.5. The number of rotatable bonds is 7. The van der Waals surface area contributed by atoms with Gasteiger partial charge in [0.2, 0.25) is 0 Å². The summed E-state index contributed by atoms with van der Waals surface area (Å²) in [5.74, 6) is 1.48. The van der Waals surface area contributed by atoms with Gasteiger partial charge < -0.3 is 20.5 Å². The van der Waals surface area contributed by atoms with Gasteiger partial charge in [0.05, 0.1) is 19.9 Å². The van der Waals surface area contributed by atoms with Crippen molar-refractivity contribution in [3.63, 3.8) is 0 Å². The molecule has 0 radical (unpaired) electrons. The highest BCUT2D eigenvalue weighted by Gasteiger charge is 2.13. The number of hydrogen-bond acceptors (Lipinski definition) is 8. The summed E-state index contributed by atoms with van der Waals surface area (Å²) < 4.78 is 11.5. The molecule has 0 unspecified atom stereocenters. The van der Waals surface area contributed by atoms with Gasteiger partial charge in [-0.25, -0.2) is 9.97 Å². The molecule has 0 aliphatic heterocycles. The van der Waals surface area contributed by atoms with E-state index in [4.69, 9.17) is 15.2 Å². The molecular formula is C19H19BrN6O3. The lowest BCUT2D eigenvalue weighted by Crippen LogP contribution is -2.30. The van der Waals surface area contributed by atoms with Crippen molar-refractivity contribution in [2.75, 3.05) is 30.7 Å². The number of carbonyl (C=O) groups excluding carboxylic acids is 1. The third kappa shape index (κ3) is 4.85. The lowest BCUT2D eigenvalue weighted by atomic mass is 10.2. The molecule has 0 aliphatic carbocycles. The molecule has 10 heteroatoms. The second-order valence-electron chi connectivity index (χ2n) is 5.76. The van der Waals surface area contributed by atoms with Gasteiger partial charge in [-0.1, -0.05) is 15.9 Å². The van der Waals surface area contributed by atoms with E-state index < -0.39 is 0 Å². The molecule has 0 bridgehead atoms. The van der Waals surface area contributed by atoms with E-state index in [0.29, 0.717) is 28.6 Å². The van der Waals surface area contributed by atoms with Crippen molar-refractivity contribution >= 4 is 44.8 Å². The van der Waals surface area contributed by atoms with Gasteiger partial charge in [0.1, 0.15) is 23.5 Å². The number of anilines is 4. The fourth-order valence-corrected chi connectivity index (χ4v) is 2.69. The third-order valence-corrected chi connectivity index (χ3v) is 4.47. The van der Waals surface area contributed by atoms with E-state index in [1.165, 1.54) is 6.33 Å². The van der Waals surface area contributed by atoms with E-state index >= 15 is 0 Å². The van der Waals surface area contributed by atoms with Gasteiger partial charge >= 0.3 is 0 Å². The first-order valence-corrected chi connectivity index (χ1v) is 9.22. The first-order chi connectivity index (χ1) is 14.0. The van der Waals surface area contributed by atoms with Gasteiger partial charge in [-0.2, -0.15) is 0 Å². The Hall–Kier alpha value is -3.53. The maximum Gasteiger partial charge on any atom is 0.269 e. The zero-order chi connectivity index (χ0) is 20.8. The highest BCUT2D eigenvalue weighted by molar-refractivity contribution is 9.10. The van der Waals surface area contributed by atoms with E-state index in [-0.39, 0.29) is 17.4 Å². The fourth-order valence-electron chi connectivity index (χ4n) is 2.42. The summed E-state index contributed by atoms with van der Waals surface area (Å²) in [6, 6.07) is 12.2. The second-order valence-corrected chi connectivity index (χ2v) is 6.68. The maximum absolute atomic E-state index is 12.3. The van der Waals surface area contributed by atoms with E-state index in [0.717, 1.165) is 4.47 Å². The Balaban J connectivity index is 1.76. The fraction of sp³-hybridized carbons (Fsp3) is 0.105. The van der Waals surface area contributed by atoms with Crippen LogP contribution in [0.4, 0.5) is 23.0 Å². The van der Waals surface area contributed by atoms with Crippen LogP contribution >= 0.6 is 15.9 Å². The molecule has 2 aromatic carbocycles. The van der Waals surface area contributed by atoms with Gasteiger partial charge in [-0.15, -0.1) is 0 Å². The number of nitrogens with two attached hydrogens (primary N) is 1. The standard InChI is InChI=1S/C19H19BrN6O3/c1-28-13-7-8-15(29-2)14(9-13)24-17-16(21)18(23-10-22-17)25-26-19(27)11-3-5-12(20)6-4-11/h3-10H,21H2,1-2H3,(H,26,27)(H2,22,23,24,25). The molecule has 0 atom stereocenters. The highest BCUT2D eigenvalue weighted by atomic mass is 79.9. The number of halogens is 1. The molecule has 1 heterocycles. The molecule has 0 spiro atoms. The molecule has 0 saturated heterocycles. The van der Waals surface area contributed by atoms with Gasteiger partial charge in [-0.3, -0.25) is 15.6 Å². The number of benzene rings is 2. The summed E-state index contributed by atoms with van der Waals surface area (Å²) in [5, 5.41) is 3.09. The summed E-state index contributed by atoms with van der Waals surface area (Å²) in [5.41, 5.74) is 12.7. The van der Waals surface area contributed by atoms with Gasteiger partial charge in [0.15, 0.2) is 11.6 Å². The van der Waals surface area contributed by atoms with Crippen molar-refractivity contribution < 1.29 is 14.3 Å². The molecule has 3 rings (SSSR count). The van der Waals surface area contributed by atoms with Crippen molar-refractivity contribution in [3.8, 4) is 11.5 Å². The Labute approximate surface area is 175 Å². The second kappa shape index (κ2) is 9.11. The first-order valence-electron chi connectivity index (χ1n) is 8.43. The van der Waals surface area contributed by atoms with Gasteiger partial charge in [-0.05, 0) is 36.4 Å². The summed E-state index contributed by atoms with van der Waals surface area (Å²) in [6.45, 7) is 0. The molecule has 0 fully saturated rings. The Morgan fingerprint density at radius 1 is 1.03 bits per heavy atom. The predicted molar refractivity (Wildman–Crippen MR) is 115 cm³/mol. The number of methoxy groups -OCH3 is 2. The molecule has 0 saturated carbocycles. The van der Waals surface area contributed by atoms with E-state index in [2.05, 4.69) is 42.1 Å². The number of nitrogen functional groups attached to an aromatic ring is 1. The average molecular weight is 459 g/mol. The number of amides is 1. The van der Waals surface area contributed by atoms with Crippen LogP contribution < -0.4 is 31.4 Å². The van der Waals surface area contributed by atoms with Crippen LogP contribution in [0.15, 0.2) is 53.3 Å². The van der Waals surface area contributed by atoms with Crippen LogP contribution in [0.3, 0.4) is 0 Å². The summed E-state index contributed by atoms with van der Waals surface area (Å²) in [6.07, 6.45) is 1.32. The Kier molecular flexibility index (Phi) is 6.35. The van der Waals surface area contributed by atoms with Gasteiger partial charge in [0.25, 0.3) is 5.91 Å². The van der Waals surface area contributed by atoms with Crippen molar-refractivity contribution in [1.29, 1.82) is 0 Å². The normalized spacial score (nSPS) is 10.2. The van der Waals surface area contributed by atoms with Crippen LogP contribution in [-0.4, -0.2) is 30.1 Å². The largest absolute Gasteiger partial charge is 0.497 e. The zero-order valence-corrected chi connectivity index (χ0v) is 17.3. The molecule has 1 aromatic heterocycles. The van der Waals surface area contributed by atoms with Crippen LogP contribution in [0.1, 0.15) is 10.4 Å². The van der Waals surface area contributed by atoms with Gasteiger partial charge in [0, 0.05) is 16.1 Å². The molecule has 150 valence electrons. The highest BCUT2D eigenvalue weighted by Crippen LogP contribution is 2.33. The maximum atomic E-state index is 12.3. The Morgan fingerprint density at radius 3 is 2.45 bits per heavy atom. The Bertz CT molecular complexity index is 1010. The number of hydrogen-bond donors (Lipinski definition) is 4. The number of hydrazine groups is 1. The Morgan fingerprint density at radius 2 is 1.76 bits per heavy atom. The SMILES string of the molecule is COc1ccc(OC)c(Nc2ncnc(NNC(=O)c3ccc(Br)cc3)c2N)c1. The first kappa shape index (κ1) is 20.2. The number of nitrogens with zero attached hydrogens (tertiary/aromatic N) is 2. The van der Waals surface area contributed by atoms with E-state index in [1.54, 1.807) is 56.7 Å². The van der Waals surface area contributed by atoms with Crippen molar-refractivity contribution in [2.24, 2.45) is 0 Å². The van der Waals surface area contributed by atoms with Crippen LogP contribution in [0.2, 0.25) is 0 Å². The van der Waals surface area contributed by atoms with Crippen molar-refractivity contribution in [2.45, 2.75) is 0 Å². The minimum Gasteiger partial charge on any atom is -0.497 e. The predicted octanol–water partition coefficient (Wildman–Crippen LogP) is 3.34. The molecule has 9 nitrogen and oxygen atoms in total. The minimum absolute atomic E-state index is 0.216. The van der Waals surface area contributed by atoms with Crippen molar-refractivity contribution in [1.82, 2.24) is 15.4 Å². The lowest BCUT2D eigenvalue weighted by Gasteiger charge is -2.15. The van der Waals surface area contributed by atoms with Crippen molar-refractivity contribution in [3.05, 3.63) is 58.8 Å². The molecular weight excluding hydrogens is 440 g/mol. The molecule has 29 heavy (non-hydrogen) atoms. The van der Waals surface area contributed by atoms with Crippen LogP contribution in [-0.2, 0) is 0 Å². The number of aromatic nitrogens is 2. The van der Waals surface area contributed by atoms with E-state index in [1.807, 2.05) is 0 Å². The molecule has 1 amide bonds. The summed E-state index contributed by atoms with van der Waals surface area (Å²) >= 11 is 3.33. The number of nitrogens with one attached hydrogen (secondary N) is 3. The van der Waals surface area contributed by atoms with Crippen LogP contribution in [0.25, 0.3) is 0 Å². The minimum atomic E-state index is -0.334. The third-order valence-electron chi connectivity index (χ3n) is 3.94. The smallest absolute Gasteiger partial charge is 0.269 e. The average Bonchev–Trinajstić information content (AvgIpc) is 2.74. The monoisotopic (exact) mass is 458 g/mol. The molecule has 0 aliphatic rings. The quantitative estimate of drug-likeness (QED) is 0.397. The van der Waals surface area contributed by atoms with Crippen LogP contribution in [0, 0.1) is 0 Å². The number of carbonyl (C=O) groups is 1. The van der Waals surface area contributed by atoms with E-state index in [9.17, 15) is 4.79 Å².